The number of halogens is 1. The standard InChI is InChI=1S/C27H30FN3O4/c1-26(2)23(34-27(3,4)35-26)25(32)31-12-9-16(10-13-31)21-15-20-18(8-11-29-24(20)30-21)19-14-17(28)6-7-22(19)33-5/h6-9,11,14-15,23H,10,12-13H2,1-5H3,(H,29,30)/t23-/m1/s1. The molecule has 1 saturated heterocycles. The summed E-state index contributed by atoms with van der Waals surface area (Å²) in [5.41, 5.74) is 3.57. The molecular formula is C27H30FN3O4. The molecule has 0 bridgehead atoms. The number of carbonyl (C=O) groups is 1. The maximum absolute atomic E-state index is 14.0. The molecule has 0 radical (unpaired) electrons. The van der Waals surface area contributed by atoms with Gasteiger partial charge in [-0.2, -0.15) is 0 Å². The van der Waals surface area contributed by atoms with E-state index in [2.05, 4.69) is 16.0 Å². The zero-order valence-electron chi connectivity index (χ0n) is 20.6. The van der Waals surface area contributed by atoms with Crippen molar-refractivity contribution in [2.45, 2.75) is 51.6 Å². The van der Waals surface area contributed by atoms with E-state index in [0.29, 0.717) is 36.5 Å². The molecule has 0 saturated carbocycles. The molecule has 5 rings (SSSR count). The van der Waals surface area contributed by atoms with Crippen LogP contribution in [0.15, 0.2) is 42.6 Å². The highest BCUT2D eigenvalue weighted by atomic mass is 19.1. The topological polar surface area (TPSA) is 76.7 Å². The number of ether oxygens (including phenoxy) is 3. The predicted molar refractivity (Wildman–Crippen MR) is 131 cm³/mol. The Labute approximate surface area is 203 Å². The van der Waals surface area contributed by atoms with Gasteiger partial charge in [0, 0.05) is 35.9 Å². The lowest BCUT2D eigenvalue weighted by molar-refractivity contribution is -0.164. The molecule has 2 aliphatic heterocycles. The maximum atomic E-state index is 14.0. The number of benzene rings is 1. The van der Waals surface area contributed by atoms with E-state index >= 15 is 0 Å². The quantitative estimate of drug-likeness (QED) is 0.575. The summed E-state index contributed by atoms with van der Waals surface area (Å²) in [7, 11) is 1.57. The van der Waals surface area contributed by atoms with Crippen molar-refractivity contribution in [3.8, 4) is 16.9 Å². The Morgan fingerprint density at radius 2 is 2.00 bits per heavy atom. The van der Waals surface area contributed by atoms with Gasteiger partial charge in [-0.1, -0.05) is 6.08 Å². The summed E-state index contributed by atoms with van der Waals surface area (Å²) in [6.45, 7) is 8.49. The Morgan fingerprint density at radius 1 is 1.20 bits per heavy atom. The van der Waals surface area contributed by atoms with Gasteiger partial charge in [0.2, 0.25) is 0 Å². The van der Waals surface area contributed by atoms with Crippen molar-refractivity contribution in [1.29, 1.82) is 0 Å². The number of H-pyrrole nitrogens is 1. The smallest absolute Gasteiger partial charge is 0.255 e. The molecule has 1 fully saturated rings. The molecule has 2 aromatic heterocycles. The zero-order chi connectivity index (χ0) is 25.0. The van der Waals surface area contributed by atoms with Gasteiger partial charge in [0.15, 0.2) is 11.9 Å². The first-order valence-corrected chi connectivity index (χ1v) is 11.8. The Kier molecular flexibility index (Phi) is 5.68. The number of fused-ring (bicyclic) bond motifs is 1. The first-order chi connectivity index (χ1) is 16.6. The van der Waals surface area contributed by atoms with E-state index in [9.17, 15) is 9.18 Å². The lowest BCUT2D eigenvalue weighted by Crippen LogP contribution is -2.49. The van der Waals surface area contributed by atoms with Gasteiger partial charge in [-0.05, 0) is 75.6 Å². The Balaban J connectivity index is 1.41. The molecule has 184 valence electrons. The average molecular weight is 480 g/mol. The van der Waals surface area contributed by atoms with E-state index in [1.54, 1.807) is 19.4 Å². The molecule has 7 nitrogen and oxygen atoms in total. The second-order valence-corrected chi connectivity index (χ2v) is 10.0. The second kappa shape index (κ2) is 8.46. The highest BCUT2D eigenvalue weighted by molar-refractivity contribution is 5.97. The van der Waals surface area contributed by atoms with Gasteiger partial charge >= 0.3 is 0 Å². The summed E-state index contributed by atoms with van der Waals surface area (Å²) >= 11 is 0. The van der Waals surface area contributed by atoms with Crippen LogP contribution in [0.25, 0.3) is 27.7 Å². The van der Waals surface area contributed by atoms with Crippen molar-refractivity contribution in [1.82, 2.24) is 14.9 Å². The molecule has 8 heteroatoms. The van der Waals surface area contributed by atoms with E-state index in [1.165, 1.54) is 12.1 Å². The molecular weight excluding hydrogens is 449 g/mol. The predicted octanol–water partition coefficient (Wildman–Crippen LogP) is 4.92. The van der Waals surface area contributed by atoms with Gasteiger partial charge in [-0.3, -0.25) is 4.79 Å². The van der Waals surface area contributed by atoms with Crippen LogP contribution >= 0.6 is 0 Å². The molecule has 35 heavy (non-hydrogen) atoms. The third-order valence-electron chi connectivity index (χ3n) is 6.62. The van der Waals surface area contributed by atoms with Gasteiger partial charge in [-0.25, -0.2) is 9.37 Å². The number of hydrogen-bond donors (Lipinski definition) is 1. The third-order valence-corrected chi connectivity index (χ3v) is 6.62. The van der Waals surface area contributed by atoms with Gasteiger partial charge in [0.05, 0.1) is 7.11 Å². The molecule has 2 aliphatic rings. The third kappa shape index (κ3) is 4.32. The van der Waals surface area contributed by atoms with Crippen LogP contribution in [0.5, 0.6) is 5.75 Å². The highest BCUT2D eigenvalue weighted by Crippen LogP contribution is 2.38. The highest BCUT2D eigenvalue weighted by Gasteiger charge is 2.51. The number of aromatic nitrogens is 2. The molecule has 0 unspecified atom stereocenters. The van der Waals surface area contributed by atoms with Crippen molar-refractivity contribution in [3.63, 3.8) is 0 Å². The van der Waals surface area contributed by atoms with Gasteiger partial charge in [0.1, 0.15) is 22.8 Å². The SMILES string of the molecule is COc1ccc(F)cc1-c1ccnc2[nH]c(C3=CCN(C(=O)[C@H]4OC(C)(C)OC4(C)C)CC3)cc12. The van der Waals surface area contributed by atoms with Crippen LogP contribution in [0.3, 0.4) is 0 Å². The van der Waals surface area contributed by atoms with Crippen LogP contribution in [-0.4, -0.2) is 58.5 Å². The average Bonchev–Trinajstić information content (AvgIpc) is 3.35. The fourth-order valence-electron chi connectivity index (χ4n) is 5.09. The Morgan fingerprint density at radius 3 is 2.66 bits per heavy atom. The summed E-state index contributed by atoms with van der Waals surface area (Å²) in [6, 6.07) is 8.38. The summed E-state index contributed by atoms with van der Waals surface area (Å²) in [5, 5.41) is 0.881. The van der Waals surface area contributed by atoms with E-state index < -0.39 is 17.5 Å². The van der Waals surface area contributed by atoms with Crippen LogP contribution in [0, 0.1) is 5.82 Å². The number of aromatic amines is 1. The van der Waals surface area contributed by atoms with E-state index in [0.717, 1.165) is 22.2 Å². The Hall–Kier alpha value is -3.23. The summed E-state index contributed by atoms with van der Waals surface area (Å²) in [4.78, 5) is 22.9. The molecule has 1 N–H and O–H groups in total. The second-order valence-electron chi connectivity index (χ2n) is 10.0. The number of methoxy groups -OCH3 is 1. The number of rotatable bonds is 4. The molecule has 1 atom stereocenters. The minimum absolute atomic E-state index is 0.0605. The zero-order valence-corrected chi connectivity index (χ0v) is 20.6. The molecule has 1 aromatic carbocycles. The van der Waals surface area contributed by atoms with Gasteiger partial charge in [0.25, 0.3) is 5.91 Å². The maximum Gasteiger partial charge on any atom is 0.255 e. The first-order valence-electron chi connectivity index (χ1n) is 11.8. The first kappa shape index (κ1) is 23.5. The lowest BCUT2D eigenvalue weighted by atomic mass is 9.98. The summed E-state index contributed by atoms with van der Waals surface area (Å²) in [5.74, 6) is -0.587. The van der Waals surface area contributed by atoms with Crippen LogP contribution in [0.4, 0.5) is 4.39 Å². The van der Waals surface area contributed by atoms with Crippen LogP contribution in [0.2, 0.25) is 0 Å². The lowest BCUT2D eigenvalue weighted by Gasteiger charge is -2.31. The molecule has 3 aromatic rings. The number of pyridine rings is 1. The van der Waals surface area contributed by atoms with Crippen molar-refractivity contribution >= 4 is 22.5 Å². The number of nitrogens with one attached hydrogen (secondary N) is 1. The van der Waals surface area contributed by atoms with Gasteiger partial charge in [-0.15, -0.1) is 0 Å². The number of amides is 1. The van der Waals surface area contributed by atoms with Crippen molar-refractivity contribution in [3.05, 3.63) is 54.1 Å². The summed E-state index contributed by atoms with van der Waals surface area (Å²) < 4.78 is 31.4. The number of carbonyl (C=O) groups excluding carboxylic acids is 1. The van der Waals surface area contributed by atoms with Crippen LogP contribution < -0.4 is 4.74 Å². The van der Waals surface area contributed by atoms with Crippen molar-refractivity contribution in [2.75, 3.05) is 20.2 Å². The fourth-order valence-corrected chi connectivity index (χ4v) is 5.09. The van der Waals surface area contributed by atoms with Crippen molar-refractivity contribution < 1.29 is 23.4 Å². The van der Waals surface area contributed by atoms with Crippen molar-refractivity contribution in [2.24, 2.45) is 0 Å². The summed E-state index contributed by atoms with van der Waals surface area (Å²) in [6.07, 6.45) is 3.80. The van der Waals surface area contributed by atoms with E-state index in [4.69, 9.17) is 14.2 Å². The molecule has 4 heterocycles. The minimum Gasteiger partial charge on any atom is -0.496 e. The monoisotopic (exact) mass is 479 g/mol. The van der Waals surface area contributed by atoms with Crippen LogP contribution in [-0.2, 0) is 14.3 Å². The normalized spacial score (nSPS) is 21.3. The molecule has 1 amide bonds. The number of hydrogen-bond acceptors (Lipinski definition) is 5. The van der Waals surface area contributed by atoms with E-state index in [1.807, 2.05) is 44.7 Å². The van der Waals surface area contributed by atoms with E-state index in [-0.39, 0.29) is 11.7 Å². The Bertz CT molecular complexity index is 1330. The fraction of sp³-hybridized carbons (Fsp3) is 0.407. The van der Waals surface area contributed by atoms with Crippen LogP contribution in [0.1, 0.15) is 39.8 Å². The van der Waals surface area contributed by atoms with Gasteiger partial charge < -0.3 is 24.1 Å². The minimum atomic E-state index is -0.792. The largest absolute Gasteiger partial charge is 0.496 e. The number of nitrogens with zero attached hydrogens (tertiary/aromatic N) is 2. The molecule has 0 spiro atoms. The molecule has 0 aliphatic carbocycles.